The Hall–Kier alpha value is -1.10. The fourth-order valence-electron chi connectivity index (χ4n) is 1.41. The molecule has 0 saturated carbocycles. The number of rotatable bonds is 3. The number of halogens is 2. The van der Waals surface area contributed by atoms with E-state index in [2.05, 4.69) is 20.9 Å². The maximum absolute atomic E-state index is 9.50. The quantitative estimate of drug-likeness (QED) is 0.911. The van der Waals surface area contributed by atoms with Crippen molar-refractivity contribution in [2.45, 2.75) is 13.0 Å². The van der Waals surface area contributed by atoms with Crippen molar-refractivity contribution < 1.29 is 9.84 Å². The second-order valence-electron chi connectivity index (χ2n) is 3.78. The molecule has 1 aromatic carbocycles. The minimum atomic E-state index is -0.552. The van der Waals surface area contributed by atoms with Gasteiger partial charge < -0.3 is 9.84 Å². The fourth-order valence-corrected chi connectivity index (χ4v) is 2.17. The van der Waals surface area contributed by atoms with Crippen LogP contribution in [-0.4, -0.2) is 10.1 Å². The number of nitrogens with zero attached hydrogens (tertiary/aromatic N) is 1. The molecule has 0 fully saturated rings. The van der Waals surface area contributed by atoms with Gasteiger partial charge in [0.25, 0.3) is 0 Å². The molecule has 3 nitrogen and oxygen atoms in total. The van der Waals surface area contributed by atoms with Crippen LogP contribution < -0.4 is 4.74 Å². The van der Waals surface area contributed by atoms with E-state index in [1.165, 1.54) is 0 Å². The summed E-state index contributed by atoms with van der Waals surface area (Å²) in [6.07, 6.45) is 1.05. The Bertz CT molecular complexity index is 560. The van der Waals surface area contributed by atoms with Crippen LogP contribution in [0.3, 0.4) is 0 Å². The molecule has 1 heterocycles. The van der Waals surface area contributed by atoms with E-state index in [4.69, 9.17) is 16.3 Å². The molecule has 5 heteroatoms. The maximum Gasteiger partial charge on any atom is 0.219 e. The number of aromatic nitrogens is 1. The lowest BCUT2D eigenvalue weighted by Gasteiger charge is -2.09. The smallest absolute Gasteiger partial charge is 0.219 e. The molecule has 1 N–H and O–H groups in total. The van der Waals surface area contributed by atoms with Crippen molar-refractivity contribution in [2.24, 2.45) is 0 Å². The second-order valence-corrected chi connectivity index (χ2v) is 5.07. The highest BCUT2D eigenvalue weighted by molar-refractivity contribution is 9.10. The highest BCUT2D eigenvalue weighted by Gasteiger charge is 2.07. The van der Waals surface area contributed by atoms with Gasteiger partial charge in [-0.25, -0.2) is 4.98 Å². The fraction of sp³-hybridized carbons (Fsp3) is 0.154. The number of aliphatic hydroxyl groups is 1. The lowest BCUT2D eigenvalue weighted by molar-refractivity contribution is 0.198. The van der Waals surface area contributed by atoms with Gasteiger partial charge >= 0.3 is 0 Å². The van der Waals surface area contributed by atoms with Crippen molar-refractivity contribution >= 4 is 27.5 Å². The van der Waals surface area contributed by atoms with Gasteiger partial charge in [0.2, 0.25) is 5.88 Å². The summed E-state index contributed by atoms with van der Waals surface area (Å²) in [5.74, 6) is 1.05. The number of hydrogen-bond acceptors (Lipinski definition) is 3. The Balaban J connectivity index is 2.25. The van der Waals surface area contributed by atoms with Gasteiger partial charge in [-0.1, -0.05) is 11.6 Å². The van der Waals surface area contributed by atoms with E-state index < -0.39 is 6.10 Å². The maximum atomic E-state index is 9.50. The first kappa shape index (κ1) is 13.3. The molecular weight excluding hydrogens is 318 g/mol. The van der Waals surface area contributed by atoms with Gasteiger partial charge in [0, 0.05) is 17.3 Å². The molecule has 0 spiro atoms. The Kier molecular flexibility index (Phi) is 4.22. The third-order valence-corrected chi connectivity index (χ3v) is 3.20. The topological polar surface area (TPSA) is 42.4 Å². The third-order valence-electron chi connectivity index (χ3n) is 2.35. The zero-order valence-electron chi connectivity index (χ0n) is 9.60. The second kappa shape index (κ2) is 5.69. The first-order valence-electron chi connectivity index (χ1n) is 5.33. The zero-order chi connectivity index (χ0) is 13.1. The molecule has 0 amide bonds. The molecule has 0 unspecified atom stereocenters. The average molecular weight is 329 g/mol. The van der Waals surface area contributed by atoms with Crippen molar-refractivity contribution in [1.29, 1.82) is 0 Å². The minimum absolute atomic E-state index is 0.427. The van der Waals surface area contributed by atoms with Crippen molar-refractivity contribution in [3.05, 3.63) is 51.6 Å². The normalized spacial score (nSPS) is 12.2. The monoisotopic (exact) mass is 327 g/mol. The Morgan fingerprint density at radius 1 is 1.33 bits per heavy atom. The van der Waals surface area contributed by atoms with E-state index in [1.807, 2.05) is 0 Å². The van der Waals surface area contributed by atoms with E-state index in [-0.39, 0.29) is 0 Å². The predicted octanol–water partition coefficient (Wildman–Crippen LogP) is 4.34. The summed E-state index contributed by atoms with van der Waals surface area (Å²) in [7, 11) is 0. The molecule has 1 atom stereocenters. The first-order valence-corrected chi connectivity index (χ1v) is 6.50. The number of aliphatic hydroxyl groups excluding tert-OH is 1. The zero-order valence-corrected chi connectivity index (χ0v) is 11.9. The van der Waals surface area contributed by atoms with E-state index in [1.54, 1.807) is 43.5 Å². The summed E-state index contributed by atoms with van der Waals surface area (Å²) in [4.78, 5) is 4.09. The number of benzene rings is 1. The third kappa shape index (κ3) is 3.22. The predicted molar refractivity (Wildman–Crippen MR) is 74.1 cm³/mol. The van der Waals surface area contributed by atoms with E-state index in [0.29, 0.717) is 16.7 Å². The molecule has 0 aliphatic heterocycles. The Morgan fingerprint density at radius 3 is 2.78 bits per heavy atom. The van der Waals surface area contributed by atoms with Crippen LogP contribution in [0.4, 0.5) is 0 Å². The van der Waals surface area contributed by atoms with E-state index >= 15 is 0 Å². The van der Waals surface area contributed by atoms with Gasteiger partial charge in [0.05, 0.1) is 10.6 Å². The van der Waals surface area contributed by atoms with Crippen molar-refractivity contribution in [2.75, 3.05) is 0 Å². The number of pyridine rings is 1. The Labute approximate surface area is 119 Å². The first-order chi connectivity index (χ1) is 8.56. The van der Waals surface area contributed by atoms with Crippen molar-refractivity contribution in [3.63, 3.8) is 0 Å². The molecule has 0 saturated heterocycles. The summed E-state index contributed by atoms with van der Waals surface area (Å²) in [5, 5.41) is 10.1. The van der Waals surface area contributed by atoms with E-state index in [9.17, 15) is 5.11 Å². The Morgan fingerprint density at radius 2 is 2.11 bits per heavy atom. The van der Waals surface area contributed by atoms with Crippen LogP contribution in [0.15, 0.2) is 41.0 Å². The van der Waals surface area contributed by atoms with Gasteiger partial charge in [0.1, 0.15) is 5.75 Å². The molecule has 0 aliphatic carbocycles. The van der Waals surface area contributed by atoms with Crippen molar-refractivity contribution in [3.8, 4) is 11.6 Å². The average Bonchev–Trinajstić information content (AvgIpc) is 2.33. The molecule has 18 heavy (non-hydrogen) atoms. The summed E-state index contributed by atoms with van der Waals surface area (Å²) in [6, 6.07) is 8.68. The highest BCUT2D eigenvalue weighted by Crippen LogP contribution is 2.31. The highest BCUT2D eigenvalue weighted by atomic mass is 79.9. The molecular formula is C13H11BrClNO2. The van der Waals surface area contributed by atoms with Crippen LogP contribution in [0.25, 0.3) is 0 Å². The van der Waals surface area contributed by atoms with Gasteiger partial charge in [-0.3, -0.25) is 0 Å². The minimum Gasteiger partial charge on any atom is -0.438 e. The molecule has 0 radical (unpaired) electrons. The van der Waals surface area contributed by atoms with Crippen LogP contribution in [0.2, 0.25) is 5.02 Å². The lowest BCUT2D eigenvalue weighted by atomic mass is 10.2. The summed E-state index contributed by atoms with van der Waals surface area (Å²) in [5.41, 5.74) is 0.755. The van der Waals surface area contributed by atoms with Gasteiger partial charge in [-0.05, 0) is 52.7 Å². The van der Waals surface area contributed by atoms with E-state index in [0.717, 1.165) is 10.0 Å². The summed E-state index contributed by atoms with van der Waals surface area (Å²) >= 11 is 9.22. The van der Waals surface area contributed by atoms with Crippen LogP contribution in [0, 0.1) is 0 Å². The van der Waals surface area contributed by atoms with Gasteiger partial charge in [-0.15, -0.1) is 0 Å². The number of ether oxygens (including phenoxy) is 1. The summed E-state index contributed by atoms with van der Waals surface area (Å²) in [6.45, 7) is 1.69. The molecule has 94 valence electrons. The standard InChI is InChI=1S/C13H11BrClNO2/c1-8(17)9-4-5-16-13(6-9)18-12-3-2-10(15)7-11(12)14/h2-8,17H,1H3/t8-/m1/s1. The van der Waals surface area contributed by atoms with Crippen LogP contribution in [-0.2, 0) is 0 Å². The molecule has 2 aromatic rings. The molecule has 2 rings (SSSR count). The van der Waals surface area contributed by atoms with Crippen LogP contribution >= 0.6 is 27.5 Å². The lowest BCUT2D eigenvalue weighted by Crippen LogP contribution is -1.94. The largest absolute Gasteiger partial charge is 0.438 e. The van der Waals surface area contributed by atoms with Crippen LogP contribution in [0.5, 0.6) is 11.6 Å². The summed E-state index contributed by atoms with van der Waals surface area (Å²) < 4.78 is 6.38. The van der Waals surface area contributed by atoms with Crippen molar-refractivity contribution in [1.82, 2.24) is 4.98 Å². The van der Waals surface area contributed by atoms with Crippen LogP contribution in [0.1, 0.15) is 18.6 Å². The SMILES string of the molecule is C[C@@H](O)c1ccnc(Oc2ccc(Cl)cc2Br)c1. The molecule has 0 bridgehead atoms. The molecule has 0 aliphatic rings. The van der Waals surface area contributed by atoms with Gasteiger partial charge in [0.15, 0.2) is 0 Å². The number of hydrogen-bond donors (Lipinski definition) is 1. The molecule has 1 aromatic heterocycles. The van der Waals surface area contributed by atoms with Gasteiger partial charge in [-0.2, -0.15) is 0 Å².